The lowest BCUT2D eigenvalue weighted by atomic mass is 10.0. The van der Waals surface area contributed by atoms with Crippen LogP contribution in [0.3, 0.4) is 0 Å². The van der Waals surface area contributed by atoms with Gasteiger partial charge in [0.2, 0.25) is 5.91 Å². The van der Waals surface area contributed by atoms with Gasteiger partial charge < -0.3 is 16.0 Å². The van der Waals surface area contributed by atoms with Crippen LogP contribution in [0.2, 0.25) is 0 Å². The number of H-pyrrole nitrogens is 1. The average Bonchev–Trinajstić information content (AvgIpc) is 3.48. The van der Waals surface area contributed by atoms with Gasteiger partial charge in [0.05, 0.1) is 16.4 Å². The molecule has 4 aromatic rings. The van der Waals surface area contributed by atoms with Crippen molar-refractivity contribution in [3.8, 4) is 10.6 Å². The van der Waals surface area contributed by atoms with Gasteiger partial charge in [0, 0.05) is 48.3 Å². The Balaban J connectivity index is 1.34. The molecule has 0 fully saturated rings. The number of nitrogens with zero attached hydrogens (tertiary/aromatic N) is 2. The summed E-state index contributed by atoms with van der Waals surface area (Å²) in [5.74, 6) is 0.0172. The van der Waals surface area contributed by atoms with Crippen LogP contribution in [0.5, 0.6) is 0 Å². The van der Waals surface area contributed by atoms with Crippen LogP contribution in [0.4, 0.5) is 5.00 Å². The number of amides is 1. The fourth-order valence-electron chi connectivity index (χ4n) is 3.63. The van der Waals surface area contributed by atoms with E-state index >= 15 is 0 Å². The number of nitrogens with one attached hydrogen (secondary N) is 4. The van der Waals surface area contributed by atoms with E-state index in [-0.39, 0.29) is 5.91 Å². The number of carbonyl (C=O) groups excluding carboxylic acids is 1. The summed E-state index contributed by atoms with van der Waals surface area (Å²) in [5.41, 5.74) is 4.52. The van der Waals surface area contributed by atoms with Crippen molar-refractivity contribution in [1.82, 2.24) is 25.8 Å². The Morgan fingerprint density at radius 3 is 3.03 bits per heavy atom. The Morgan fingerprint density at radius 1 is 1.23 bits per heavy atom. The number of aromatic nitrogens is 3. The van der Waals surface area contributed by atoms with Gasteiger partial charge in [0.1, 0.15) is 10.0 Å². The number of aromatic amines is 1. The molecule has 0 saturated heterocycles. The van der Waals surface area contributed by atoms with E-state index < -0.39 is 0 Å². The number of anilines is 1. The highest BCUT2D eigenvalue weighted by atomic mass is 32.1. The topological polar surface area (TPSA) is 94.7 Å². The van der Waals surface area contributed by atoms with E-state index in [1.54, 1.807) is 28.9 Å². The summed E-state index contributed by atoms with van der Waals surface area (Å²) >= 11 is 3.36. The molecular formula is C21H22N6OS2. The first-order valence-corrected chi connectivity index (χ1v) is 11.6. The first-order valence-electron chi connectivity index (χ1n) is 9.97. The average molecular weight is 439 g/mol. The van der Waals surface area contributed by atoms with Gasteiger partial charge in [-0.15, -0.1) is 22.7 Å². The van der Waals surface area contributed by atoms with Crippen molar-refractivity contribution in [2.75, 3.05) is 18.4 Å². The summed E-state index contributed by atoms with van der Waals surface area (Å²) < 4.78 is 1.17. The van der Waals surface area contributed by atoms with Crippen molar-refractivity contribution in [2.45, 2.75) is 25.9 Å². The van der Waals surface area contributed by atoms with Crippen molar-refractivity contribution in [3.05, 3.63) is 52.7 Å². The van der Waals surface area contributed by atoms with Crippen LogP contribution < -0.4 is 16.0 Å². The van der Waals surface area contributed by atoms with Crippen molar-refractivity contribution >= 4 is 43.8 Å². The zero-order valence-corrected chi connectivity index (χ0v) is 18.0. The molecule has 4 heterocycles. The van der Waals surface area contributed by atoms with E-state index in [4.69, 9.17) is 4.98 Å². The molecule has 30 heavy (non-hydrogen) atoms. The zero-order valence-electron chi connectivity index (χ0n) is 16.3. The fraction of sp³-hybridized carbons (Fsp3) is 0.286. The van der Waals surface area contributed by atoms with Crippen molar-refractivity contribution in [1.29, 1.82) is 0 Å². The smallest absolute Gasteiger partial charge is 0.226 e. The molecule has 5 rings (SSSR count). The highest BCUT2D eigenvalue weighted by Gasteiger charge is 2.25. The summed E-state index contributed by atoms with van der Waals surface area (Å²) in [4.78, 5) is 18.8. The van der Waals surface area contributed by atoms with Crippen LogP contribution in [0, 0.1) is 0 Å². The first kappa shape index (κ1) is 19.4. The molecule has 0 saturated carbocycles. The first-order chi connectivity index (χ1) is 14.8. The monoisotopic (exact) mass is 438 g/mol. The van der Waals surface area contributed by atoms with Crippen LogP contribution in [0.25, 0.3) is 20.8 Å². The quantitative estimate of drug-likeness (QED) is 0.331. The SMILES string of the molecule is O=C(CCNCc1cn[nH]c1)Nc1sc2c(c1-c1nc3ccccc3s1)CCNC2. The van der Waals surface area contributed by atoms with Gasteiger partial charge >= 0.3 is 0 Å². The number of rotatable bonds is 7. The van der Waals surface area contributed by atoms with E-state index in [0.717, 1.165) is 46.2 Å². The minimum absolute atomic E-state index is 0.0172. The van der Waals surface area contributed by atoms with E-state index in [0.29, 0.717) is 19.5 Å². The molecule has 0 spiro atoms. The number of hydrogen-bond donors (Lipinski definition) is 4. The second kappa shape index (κ2) is 8.65. The lowest BCUT2D eigenvalue weighted by molar-refractivity contribution is -0.116. The fourth-order valence-corrected chi connectivity index (χ4v) is 5.97. The number of fused-ring (bicyclic) bond motifs is 2. The van der Waals surface area contributed by atoms with E-state index in [9.17, 15) is 4.79 Å². The summed E-state index contributed by atoms with van der Waals surface area (Å²) in [6.07, 6.45) is 5.00. The molecule has 1 amide bonds. The molecule has 1 aromatic carbocycles. The molecular weight excluding hydrogens is 416 g/mol. The van der Waals surface area contributed by atoms with Crippen LogP contribution in [0.15, 0.2) is 36.7 Å². The summed E-state index contributed by atoms with van der Waals surface area (Å²) in [5, 5.41) is 18.5. The summed E-state index contributed by atoms with van der Waals surface area (Å²) in [7, 11) is 0. The maximum absolute atomic E-state index is 12.6. The third-order valence-electron chi connectivity index (χ3n) is 5.10. The van der Waals surface area contributed by atoms with Gasteiger partial charge in [0.15, 0.2) is 0 Å². The minimum Gasteiger partial charge on any atom is -0.317 e. The maximum Gasteiger partial charge on any atom is 0.226 e. The highest BCUT2D eigenvalue weighted by molar-refractivity contribution is 7.22. The highest BCUT2D eigenvalue weighted by Crippen LogP contribution is 2.44. The van der Waals surface area contributed by atoms with E-state index in [1.807, 2.05) is 24.4 Å². The second-order valence-electron chi connectivity index (χ2n) is 7.20. The lowest BCUT2D eigenvalue weighted by Crippen LogP contribution is -2.22. The molecule has 154 valence electrons. The molecule has 4 N–H and O–H groups in total. The largest absolute Gasteiger partial charge is 0.317 e. The molecule has 1 aliphatic rings. The molecule has 1 aliphatic heterocycles. The summed E-state index contributed by atoms with van der Waals surface area (Å²) in [6, 6.07) is 8.19. The maximum atomic E-state index is 12.6. The number of thiazole rings is 1. The molecule has 3 aromatic heterocycles. The Bertz CT molecular complexity index is 1130. The normalized spacial score (nSPS) is 13.5. The number of thiophene rings is 1. The number of carbonyl (C=O) groups is 1. The molecule has 0 atom stereocenters. The van der Waals surface area contributed by atoms with Gasteiger partial charge in [-0.3, -0.25) is 9.89 Å². The molecule has 0 unspecified atom stereocenters. The molecule has 7 nitrogen and oxygen atoms in total. The second-order valence-corrected chi connectivity index (χ2v) is 9.34. The van der Waals surface area contributed by atoms with Crippen LogP contribution >= 0.6 is 22.7 Å². The minimum atomic E-state index is 0.0172. The van der Waals surface area contributed by atoms with Gasteiger partial charge in [-0.1, -0.05) is 12.1 Å². The summed E-state index contributed by atoms with van der Waals surface area (Å²) in [6.45, 7) is 3.10. The van der Waals surface area contributed by atoms with Crippen molar-refractivity contribution < 1.29 is 4.79 Å². The molecule has 0 radical (unpaired) electrons. The predicted octanol–water partition coefficient (Wildman–Crippen LogP) is 3.51. The van der Waals surface area contributed by atoms with Gasteiger partial charge in [-0.05, 0) is 30.7 Å². The predicted molar refractivity (Wildman–Crippen MR) is 122 cm³/mol. The third-order valence-corrected chi connectivity index (χ3v) is 7.30. The number of para-hydroxylation sites is 1. The van der Waals surface area contributed by atoms with Gasteiger partial charge in [-0.25, -0.2) is 4.98 Å². The van der Waals surface area contributed by atoms with Gasteiger partial charge in [0.25, 0.3) is 0 Å². The molecule has 0 bridgehead atoms. The standard InChI is InChI=1S/C21H22N6OS2/c28-18(6-8-22-9-13-10-24-25-11-13)27-21-19(14-5-7-23-12-17(14)30-21)20-26-15-3-1-2-4-16(15)29-20/h1-4,10-11,22-23H,5-9,12H2,(H,24,25)(H,27,28). The Morgan fingerprint density at radius 2 is 2.17 bits per heavy atom. The van der Waals surface area contributed by atoms with Gasteiger partial charge in [-0.2, -0.15) is 5.10 Å². The van der Waals surface area contributed by atoms with Crippen molar-refractivity contribution in [3.63, 3.8) is 0 Å². The lowest BCUT2D eigenvalue weighted by Gasteiger charge is -2.13. The van der Waals surface area contributed by atoms with E-state index in [2.05, 4.69) is 32.2 Å². The Labute approximate surface area is 181 Å². The third kappa shape index (κ3) is 4.01. The zero-order chi connectivity index (χ0) is 20.3. The van der Waals surface area contributed by atoms with E-state index in [1.165, 1.54) is 15.1 Å². The van der Waals surface area contributed by atoms with Crippen molar-refractivity contribution in [2.24, 2.45) is 0 Å². The number of benzene rings is 1. The Kier molecular flexibility index (Phi) is 5.58. The molecule has 9 heteroatoms. The Hall–Kier alpha value is -2.59. The van der Waals surface area contributed by atoms with Crippen LogP contribution in [0.1, 0.15) is 22.4 Å². The van der Waals surface area contributed by atoms with Crippen LogP contribution in [-0.2, 0) is 24.3 Å². The van der Waals surface area contributed by atoms with Crippen LogP contribution in [-0.4, -0.2) is 34.2 Å². The molecule has 0 aliphatic carbocycles. The number of hydrogen-bond acceptors (Lipinski definition) is 7.